The largest absolute Gasteiger partial charge is 0.340 e. The second-order valence-electron chi connectivity index (χ2n) is 7.16. The second-order valence-corrected chi connectivity index (χ2v) is 7.16. The van der Waals surface area contributed by atoms with Crippen molar-refractivity contribution in [2.45, 2.75) is 39.2 Å². The molecule has 1 aliphatic carbocycles. The molecule has 0 bridgehead atoms. The number of nitrogens with zero attached hydrogens (tertiary/aromatic N) is 1. The summed E-state index contributed by atoms with van der Waals surface area (Å²) >= 11 is 0. The lowest BCUT2D eigenvalue weighted by Crippen LogP contribution is -2.00. The van der Waals surface area contributed by atoms with Gasteiger partial charge in [0.05, 0.1) is 5.69 Å². The normalized spacial score (nSPS) is 12.2. The zero-order chi connectivity index (χ0) is 16.8. The molecule has 0 radical (unpaired) electrons. The molecule has 4 aromatic rings. The number of aryl methyl sites for hydroxylation is 1. The van der Waals surface area contributed by atoms with Gasteiger partial charge in [0.1, 0.15) is 0 Å². The number of fused-ring (bicyclic) bond motifs is 5. The number of hydrogen-bond acceptors (Lipinski definition) is 0. The Labute approximate surface area is 148 Å². The molecule has 0 spiro atoms. The van der Waals surface area contributed by atoms with Crippen LogP contribution in [0.2, 0.25) is 0 Å². The first-order valence-electron chi connectivity index (χ1n) is 9.54. The molecule has 0 saturated carbocycles. The van der Waals surface area contributed by atoms with E-state index in [0.29, 0.717) is 0 Å². The standard InChI is InChI=1S/C24H23N/c1-2-3-4-7-16-25-21-15-6-5-12-18(21)23-19-13-8-10-17-11-9-14-20(22(17)19)24(23)25/h5-6,8-15H,2-4,7,16H2,1H3. The summed E-state index contributed by atoms with van der Waals surface area (Å²) in [7, 11) is 0. The number of para-hydroxylation sites is 1. The lowest BCUT2D eigenvalue weighted by atomic mass is 10.0. The van der Waals surface area contributed by atoms with Crippen molar-refractivity contribution in [2.24, 2.45) is 0 Å². The number of unbranched alkanes of at least 4 members (excludes halogenated alkanes) is 3. The maximum absolute atomic E-state index is 2.58. The topological polar surface area (TPSA) is 4.93 Å². The van der Waals surface area contributed by atoms with Crippen LogP contribution < -0.4 is 0 Å². The summed E-state index contributed by atoms with van der Waals surface area (Å²) in [6, 6.07) is 22.4. The van der Waals surface area contributed by atoms with E-state index < -0.39 is 0 Å². The maximum Gasteiger partial charge on any atom is 0.0577 e. The fourth-order valence-corrected chi connectivity index (χ4v) is 4.53. The molecule has 0 unspecified atom stereocenters. The van der Waals surface area contributed by atoms with Crippen LogP contribution in [0, 0.1) is 0 Å². The fraction of sp³-hybridized carbons (Fsp3) is 0.250. The lowest BCUT2D eigenvalue weighted by molar-refractivity contribution is 0.597. The van der Waals surface area contributed by atoms with Crippen LogP contribution in [0.1, 0.15) is 32.6 Å². The third-order valence-corrected chi connectivity index (χ3v) is 5.64. The number of benzene rings is 3. The number of rotatable bonds is 5. The first-order valence-corrected chi connectivity index (χ1v) is 9.54. The second kappa shape index (κ2) is 5.77. The highest BCUT2D eigenvalue weighted by molar-refractivity contribution is 6.21. The van der Waals surface area contributed by atoms with Crippen LogP contribution in [0.25, 0.3) is 44.1 Å². The van der Waals surface area contributed by atoms with Gasteiger partial charge in [-0.3, -0.25) is 0 Å². The fourth-order valence-electron chi connectivity index (χ4n) is 4.53. The molecule has 1 nitrogen and oxygen atoms in total. The SMILES string of the molecule is CCCCCCn1c2c(c3ccccc31)-c1cccc3cccc-2c13. The molecule has 124 valence electrons. The molecule has 0 N–H and O–H groups in total. The van der Waals surface area contributed by atoms with Gasteiger partial charge in [-0.1, -0.05) is 80.8 Å². The predicted molar refractivity (Wildman–Crippen MR) is 108 cm³/mol. The Kier molecular flexibility index (Phi) is 3.41. The molecule has 1 heterocycles. The van der Waals surface area contributed by atoms with Crippen molar-refractivity contribution in [1.29, 1.82) is 0 Å². The van der Waals surface area contributed by atoms with E-state index in [0.717, 1.165) is 6.54 Å². The minimum absolute atomic E-state index is 1.11. The van der Waals surface area contributed by atoms with Crippen molar-refractivity contribution in [3.63, 3.8) is 0 Å². The summed E-state index contributed by atoms with van der Waals surface area (Å²) in [5, 5.41) is 4.19. The van der Waals surface area contributed by atoms with Crippen molar-refractivity contribution in [1.82, 2.24) is 4.57 Å². The quantitative estimate of drug-likeness (QED) is 0.306. The summed E-state index contributed by atoms with van der Waals surface area (Å²) in [4.78, 5) is 0. The number of aromatic nitrogens is 1. The summed E-state index contributed by atoms with van der Waals surface area (Å²) in [5.74, 6) is 0. The van der Waals surface area contributed by atoms with Gasteiger partial charge < -0.3 is 4.57 Å². The van der Waals surface area contributed by atoms with Gasteiger partial charge in [0.25, 0.3) is 0 Å². The minimum Gasteiger partial charge on any atom is -0.340 e. The molecule has 0 aliphatic heterocycles. The van der Waals surface area contributed by atoms with E-state index in [-0.39, 0.29) is 0 Å². The van der Waals surface area contributed by atoms with Crippen LogP contribution in [0.15, 0.2) is 60.7 Å². The van der Waals surface area contributed by atoms with Crippen molar-refractivity contribution in [3.8, 4) is 22.4 Å². The third-order valence-electron chi connectivity index (χ3n) is 5.64. The minimum atomic E-state index is 1.11. The maximum atomic E-state index is 2.58. The van der Waals surface area contributed by atoms with E-state index in [9.17, 15) is 0 Å². The predicted octanol–water partition coefficient (Wildman–Crippen LogP) is 7.02. The van der Waals surface area contributed by atoms with E-state index >= 15 is 0 Å². The smallest absolute Gasteiger partial charge is 0.0577 e. The van der Waals surface area contributed by atoms with Gasteiger partial charge in [0.15, 0.2) is 0 Å². The Morgan fingerprint density at radius 2 is 1.56 bits per heavy atom. The van der Waals surface area contributed by atoms with Gasteiger partial charge in [0, 0.05) is 28.6 Å². The van der Waals surface area contributed by atoms with Gasteiger partial charge >= 0.3 is 0 Å². The molecule has 5 rings (SSSR count). The molecular formula is C24H23N. The van der Waals surface area contributed by atoms with E-state index in [1.165, 1.54) is 69.7 Å². The van der Waals surface area contributed by atoms with E-state index in [1.807, 2.05) is 0 Å². The summed E-state index contributed by atoms with van der Waals surface area (Å²) < 4.78 is 2.58. The van der Waals surface area contributed by atoms with Crippen molar-refractivity contribution < 1.29 is 0 Å². The van der Waals surface area contributed by atoms with E-state index in [4.69, 9.17) is 0 Å². The van der Waals surface area contributed by atoms with Gasteiger partial charge in [-0.15, -0.1) is 0 Å². The Morgan fingerprint density at radius 3 is 2.40 bits per heavy atom. The molecule has 0 amide bonds. The van der Waals surface area contributed by atoms with E-state index in [2.05, 4.69) is 72.2 Å². The van der Waals surface area contributed by atoms with Crippen LogP contribution in [0.3, 0.4) is 0 Å². The van der Waals surface area contributed by atoms with Crippen LogP contribution in [0.5, 0.6) is 0 Å². The molecule has 1 heteroatoms. The van der Waals surface area contributed by atoms with Crippen LogP contribution >= 0.6 is 0 Å². The molecule has 1 aliphatic rings. The van der Waals surface area contributed by atoms with Gasteiger partial charge in [-0.2, -0.15) is 0 Å². The van der Waals surface area contributed by atoms with Crippen molar-refractivity contribution >= 4 is 21.7 Å². The molecule has 0 fully saturated rings. The summed E-state index contributed by atoms with van der Waals surface area (Å²) in [6.07, 6.45) is 5.19. The Hall–Kier alpha value is -2.54. The number of hydrogen-bond donors (Lipinski definition) is 0. The van der Waals surface area contributed by atoms with Crippen molar-refractivity contribution in [2.75, 3.05) is 0 Å². The lowest BCUT2D eigenvalue weighted by Gasteiger charge is -2.11. The first kappa shape index (κ1) is 14.8. The van der Waals surface area contributed by atoms with Gasteiger partial charge in [-0.05, 0) is 28.8 Å². The van der Waals surface area contributed by atoms with Crippen LogP contribution in [-0.2, 0) is 6.54 Å². The van der Waals surface area contributed by atoms with Crippen LogP contribution in [-0.4, -0.2) is 4.57 Å². The Morgan fingerprint density at radius 1 is 0.760 bits per heavy atom. The van der Waals surface area contributed by atoms with Crippen LogP contribution in [0.4, 0.5) is 0 Å². The van der Waals surface area contributed by atoms with Crippen molar-refractivity contribution in [3.05, 3.63) is 60.7 Å². The van der Waals surface area contributed by atoms with E-state index in [1.54, 1.807) is 0 Å². The Bertz CT molecular complexity index is 1080. The average Bonchev–Trinajstić information content (AvgIpc) is 3.15. The highest BCUT2D eigenvalue weighted by Gasteiger charge is 2.27. The molecule has 3 aromatic carbocycles. The highest BCUT2D eigenvalue weighted by Crippen LogP contribution is 2.51. The highest BCUT2D eigenvalue weighted by atomic mass is 15.0. The zero-order valence-electron chi connectivity index (χ0n) is 14.8. The van der Waals surface area contributed by atoms with Gasteiger partial charge in [0.2, 0.25) is 0 Å². The molecular weight excluding hydrogens is 302 g/mol. The summed E-state index contributed by atoms with van der Waals surface area (Å²) in [6.45, 7) is 3.39. The zero-order valence-corrected chi connectivity index (χ0v) is 14.8. The average molecular weight is 325 g/mol. The van der Waals surface area contributed by atoms with Gasteiger partial charge in [-0.25, -0.2) is 0 Å². The third kappa shape index (κ3) is 2.08. The molecule has 1 aromatic heterocycles. The summed E-state index contributed by atoms with van der Waals surface area (Å²) in [5.41, 5.74) is 7.08. The molecule has 0 saturated heterocycles. The molecule has 0 atom stereocenters. The Balaban J connectivity index is 1.77. The monoisotopic (exact) mass is 325 g/mol. The molecule has 25 heavy (non-hydrogen) atoms. The first-order chi connectivity index (χ1) is 12.4.